The Labute approximate surface area is 112 Å². The molecular weight excluding hydrogens is 272 g/mol. The number of nitrogens with zero attached hydrogens (tertiary/aromatic N) is 1. The highest BCUT2D eigenvalue weighted by Crippen LogP contribution is 2.22. The van der Waals surface area contributed by atoms with Crippen molar-refractivity contribution in [1.29, 1.82) is 0 Å². The van der Waals surface area contributed by atoms with Gasteiger partial charge >= 0.3 is 0 Å². The van der Waals surface area contributed by atoms with Gasteiger partial charge in [-0.15, -0.1) is 0 Å². The Hall–Kier alpha value is -0.700. The van der Waals surface area contributed by atoms with E-state index in [1.807, 2.05) is 0 Å². The summed E-state index contributed by atoms with van der Waals surface area (Å²) < 4.78 is 22.9. The van der Waals surface area contributed by atoms with E-state index in [1.54, 1.807) is 11.8 Å². The van der Waals surface area contributed by atoms with Crippen LogP contribution >= 0.6 is 0 Å². The summed E-state index contributed by atoms with van der Waals surface area (Å²) in [6.45, 7) is 2.29. The van der Waals surface area contributed by atoms with E-state index in [2.05, 4.69) is 5.32 Å². The van der Waals surface area contributed by atoms with E-state index in [0.29, 0.717) is 6.42 Å². The van der Waals surface area contributed by atoms with Crippen molar-refractivity contribution in [3.05, 3.63) is 0 Å². The zero-order chi connectivity index (χ0) is 14.3. The number of likely N-dealkylation sites (tertiary alicyclic amines) is 1. The molecule has 1 unspecified atom stereocenters. The molecule has 19 heavy (non-hydrogen) atoms. The van der Waals surface area contributed by atoms with Crippen LogP contribution in [0.25, 0.3) is 0 Å². The van der Waals surface area contributed by atoms with E-state index < -0.39 is 27.6 Å². The largest absolute Gasteiger partial charge is 0.389 e. The first-order valence-electron chi connectivity index (χ1n) is 6.29. The Morgan fingerprint density at radius 1 is 1.37 bits per heavy atom. The highest BCUT2D eigenvalue weighted by Gasteiger charge is 2.40. The van der Waals surface area contributed by atoms with Crippen LogP contribution in [0.15, 0.2) is 0 Å². The molecule has 0 spiro atoms. The summed E-state index contributed by atoms with van der Waals surface area (Å²) in [4.78, 5) is 13.5. The molecule has 2 saturated heterocycles. The van der Waals surface area contributed by atoms with E-state index in [-0.39, 0.29) is 37.0 Å². The van der Waals surface area contributed by atoms with Crippen LogP contribution in [0.4, 0.5) is 0 Å². The molecule has 3 N–H and O–H groups in total. The fourth-order valence-corrected chi connectivity index (χ4v) is 4.76. The molecule has 0 radical (unpaired) electrons. The Morgan fingerprint density at radius 2 is 1.95 bits per heavy atom. The highest BCUT2D eigenvalue weighted by atomic mass is 32.2. The van der Waals surface area contributed by atoms with Gasteiger partial charge < -0.3 is 15.5 Å². The van der Waals surface area contributed by atoms with Gasteiger partial charge in [0.1, 0.15) is 0 Å². The fourth-order valence-electron chi connectivity index (χ4n) is 2.66. The van der Waals surface area contributed by atoms with Crippen molar-refractivity contribution in [2.45, 2.75) is 31.1 Å². The molecule has 110 valence electrons. The number of carbonyl (C=O) groups is 1. The maximum atomic E-state index is 11.9. The quantitative estimate of drug-likeness (QED) is 0.541. The lowest BCUT2D eigenvalue weighted by atomic mass is 10.0. The number of carbonyl (C=O) groups excluding carboxylic acids is 1. The fraction of sp³-hybridized carbons (Fsp3) is 0.909. The summed E-state index contributed by atoms with van der Waals surface area (Å²) in [7, 11) is -3.05. The monoisotopic (exact) mass is 292 g/mol. The van der Waals surface area contributed by atoms with Gasteiger partial charge in [-0.25, -0.2) is 8.42 Å². The Bertz CT molecular complexity index is 456. The van der Waals surface area contributed by atoms with Crippen molar-refractivity contribution in [3.63, 3.8) is 0 Å². The first-order valence-corrected chi connectivity index (χ1v) is 8.11. The first kappa shape index (κ1) is 14.7. The van der Waals surface area contributed by atoms with E-state index in [0.717, 1.165) is 0 Å². The smallest absolute Gasteiger partial charge is 0.234 e. The summed E-state index contributed by atoms with van der Waals surface area (Å²) >= 11 is 0. The molecule has 2 rings (SSSR count). The summed E-state index contributed by atoms with van der Waals surface area (Å²) in [6.07, 6.45) is -1.22. The molecule has 0 aliphatic carbocycles. The zero-order valence-corrected chi connectivity index (χ0v) is 11.7. The molecule has 2 heterocycles. The molecule has 7 nitrogen and oxygen atoms in total. The number of aliphatic hydroxyl groups excluding tert-OH is 2. The molecule has 3 atom stereocenters. The first-order chi connectivity index (χ1) is 8.69. The number of hydrogen-bond acceptors (Lipinski definition) is 6. The van der Waals surface area contributed by atoms with Crippen LogP contribution in [-0.4, -0.2) is 78.3 Å². The van der Waals surface area contributed by atoms with Crippen LogP contribution in [0.5, 0.6) is 0 Å². The van der Waals surface area contributed by atoms with Crippen molar-refractivity contribution in [2.75, 3.05) is 31.1 Å². The Balaban J connectivity index is 1.85. The SMILES string of the molecule is CC1(NC(=O)CN2C[C@@H](O)[C@@H](O)C2)CCS(=O)(=O)C1. The van der Waals surface area contributed by atoms with Gasteiger partial charge in [0.05, 0.1) is 35.8 Å². The minimum absolute atomic E-state index is 0.0308. The van der Waals surface area contributed by atoms with Crippen molar-refractivity contribution in [3.8, 4) is 0 Å². The van der Waals surface area contributed by atoms with E-state index in [1.165, 1.54) is 0 Å². The lowest BCUT2D eigenvalue weighted by molar-refractivity contribution is -0.123. The third-order valence-corrected chi connectivity index (χ3v) is 5.55. The number of rotatable bonds is 3. The van der Waals surface area contributed by atoms with Gasteiger partial charge in [0.15, 0.2) is 9.84 Å². The van der Waals surface area contributed by atoms with Gasteiger partial charge in [-0.05, 0) is 13.3 Å². The average Bonchev–Trinajstić information content (AvgIpc) is 2.67. The van der Waals surface area contributed by atoms with Gasteiger partial charge in [-0.2, -0.15) is 0 Å². The second kappa shape index (κ2) is 5.01. The second-order valence-electron chi connectivity index (χ2n) is 5.78. The molecule has 0 aromatic carbocycles. The lowest BCUT2D eigenvalue weighted by Crippen LogP contribution is -2.50. The Morgan fingerprint density at radius 3 is 2.42 bits per heavy atom. The van der Waals surface area contributed by atoms with Crippen molar-refractivity contribution in [2.24, 2.45) is 0 Å². The molecule has 2 aliphatic heterocycles. The average molecular weight is 292 g/mol. The molecule has 0 aromatic heterocycles. The molecule has 1 amide bonds. The number of amides is 1. The predicted octanol–water partition coefficient (Wildman–Crippen LogP) is -2.28. The molecule has 0 saturated carbocycles. The van der Waals surface area contributed by atoms with E-state index >= 15 is 0 Å². The molecular formula is C11H20N2O5S. The predicted molar refractivity (Wildman–Crippen MR) is 68.3 cm³/mol. The number of nitrogens with one attached hydrogen (secondary N) is 1. The normalized spacial score (nSPS) is 38.5. The zero-order valence-electron chi connectivity index (χ0n) is 10.9. The van der Waals surface area contributed by atoms with Crippen molar-refractivity contribution in [1.82, 2.24) is 10.2 Å². The molecule has 2 fully saturated rings. The van der Waals surface area contributed by atoms with Crippen LogP contribution in [0.1, 0.15) is 13.3 Å². The Kier molecular flexibility index (Phi) is 3.87. The number of sulfone groups is 1. The third-order valence-electron chi connectivity index (χ3n) is 3.65. The van der Waals surface area contributed by atoms with Gasteiger partial charge in [0.25, 0.3) is 0 Å². The number of aliphatic hydroxyl groups is 2. The summed E-state index contributed by atoms with van der Waals surface area (Å²) in [6, 6.07) is 0. The molecule has 0 bridgehead atoms. The van der Waals surface area contributed by atoms with Crippen LogP contribution < -0.4 is 5.32 Å². The summed E-state index contributed by atoms with van der Waals surface area (Å²) in [5, 5.41) is 21.5. The molecule has 0 aromatic rings. The second-order valence-corrected chi connectivity index (χ2v) is 7.96. The molecule has 8 heteroatoms. The summed E-state index contributed by atoms with van der Waals surface area (Å²) in [5.74, 6) is -0.206. The van der Waals surface area contributed by atoms with Crippen molar-refractivity contribution >= 4 is 15.7 Å². The van der Waals surface area contributed by atoms with E-state index in [9.17, 15) is 23.4 Å². The maximum absolute atomic E-state index is 11.9. The number of β-amino-alcohol motifs (C(OH)–C–C–N with tert-alkyl or cyclic N) is 2. The van der Waals surface area contributed by atoms with Gasteiger partial charge in [-0.1, -0.05) is 0 Å². The maximum Gasteiger partial charge on any atom is 0.234 e. The van der Waals surface area contributed by atoms with Crippen LogP contribution in [0.3, 0.4) is 0 Å². The van der Waals surface area contributed by atoms with Crippen LogP contribution in [0, 0.1) is 0 Å². The van der Waals surface area contributed by atoms with Gasteiger partial charge in [-0.3, -0.25) is 9.69 Å². The van der Waals surface area contributed by atoms with Crippen molar-refractivity contribution < 1.29 is 23.4 Å². The van der Waals surface area contributed by atoms with Gasteiger partial charge in [0, 0.05) is 13.1 Å². The third kappa shape index (κ3) is 3.65. The highest BCUT2D eigenvalue weighted by molar-refractivity contribution is 7.91. The lowest BCUT2D eigenvalue weighted by Gasteiger charge is -2.25. The summed E-state index contributed by atoms with van der Waals surface area (Å²) in [5.41, 5.74) is -0.702. The topological polar surface area (TPSA) is 107 Å². The molecule has 2 aliphatic rings. The van der Waals surface area contributed by atoms with E-state index in [4.69, 9.17) is 0 Å². The minimum atomic E-state index is -3.05. The minimum Gasteiger partial charge on any atom is -0.389 e. The standard InChI is InChI=1S/C11H20N2O5S/c1-11(2-3-19(17,18)7-11)12-10(16)6-13-4-8(14)9(15)5-13/h8-9,14-15H,2-7H2,1H3,(H,12,16)/t8-,9+,11?. The van der Waals surface area contributed by atoms with Crippen LogP contribution in [-0.2, 0) is 14.6 Å². The van der Waals surface area contributed by atoms with Gasteiger partial charge in [0.2, 0.25) is 5.91 Å². The van der Waals surface area contributed by atoms with Crippen LogP contribution in [0.2, 0.25) is 0 Å². The number of hydrogen-bond donors (Lipinski definition) is 3.